The van der Waals surface area contributed by atoms with Crippen LogP contribution in [0.5, 0.6) is 0 Å². The van der Waals surface area contributed by atoms with Crippen molar-refractivity contribution < 1.29 is 0 Å². The molecule has 2 heteroatoms. The van der Waals surface area contributed by atoms with Crippen molar-refractivity contribution >= 4 is 32.4 Å². The number of nitrogens with zero attached hydrogens (tertiary/aromatic N) is 2. The van der Waals surface area contributed by atoms with Crippen molar-refractivity contribution in [1.82, 2.24) is 9.97 Å². The molecule has 0 fully saturated rings. The lowest BCUT2D eigenvalue weighted by molar-refractivity contribution is 1.23. The third kappa shape index (κ3) is 5.10. The molecular formula is C46H30N2. The molecule has 0 aliphatic heterocycles. The van der Waals surface area contributed by atoms with Crippen molar-refractivity contribution in [1.29, 1.82) is 0 Å². The maximum absolute atomic E-state index is 5.32. The fourth-order valence-electron chi connectivity index (χ4n) is 6.80. The summed E-state index contributed by atoms with van der Waals surface area (Å²) < 4.78 is 0. The van der Waals surface area contributed by atoms with Crippen LogP contribution in [0, 0.1) is 0 Å². The van der Waals surface area contributed by atoms with E-state index in [0.29, 0.717) is 5.82 Å². The van der Waals surface area contributed by atoms with Crippen LogP contribution in [0.3, 0.4) is 0 Å². The average molecular weight is 611 g/mol. The quantitative estimate of drug-likeness (QED) is 0.181. The number of fused-ring (bicyclic) bond motifs is 4. The van der Waals surface area contributed by atoms with Crippen LogP contribution in [0.25, 0.3) is 88.5 Å². The summed E-state index contributed by atoms with van der Waals surface area (Å²) in [5.74, 6) is 0.708. The minimum Gasteiger partial charge on any atom is -0.228 e. The fourth-order valence-corrected chi connectivity index (χ4v) is 6.80. The van der Waals surface area contributed by atoms with Gasteiger partial charge in [0.2, 0.25) is 0 Å². The lowest BCUT2D eigenvalue weighted by Gasteiger charge is -2.14. The monoisotopic (exact) mass is 610 g/mol. The van der Waals surface area contributed by atoms with Crippen molar-refractivity contribution in [3.05, 3.63) is 182 Å². The summed E-state index contributed by atoms with van der Waals surface area (Å²) in [6.45, 7) is 0. The summed E-state index contributed by atoms with van der Waals surface area (Å²) in [5, 5.41) is 6.04. The lowest BCUT2D eigenvalue weighted by Crippen LogP contribution is -1.96. The molecule has 0 bridgehead atoms. The smallest absolute Gasteiger partial charge is 0.160 e. The van der Waals surface area contributed by atoms with E-state index in [0.717, 1.165) is 55.5 Å². The summed E-state index contributed by atoms with van der Waals surface area (Å²) in [5.41, 5.74) is 10.8. The van der Waals surface area contributed by atoms with Gasteiger partial charge in [-0.2, -0.15) is 0 Å². The van der Waals surface area contributed by atoms with Gasteiger partial charge in [-0.05, 0) is 91.3 Å². The van der Waals surface area contributed by atoms with Gasteiger partial charge in [-0.15, -0.1) is 0 Å². The maximum Gasteiger partial charge on any atom is 0.160 e. The minimum atomic E-state index is 0.708. The minimum absolute atomic E-state index is 0.708. The lowest BCUT2D eigenvalue weighted by atomic mass is 9.93. The Hall–Kier alpha value is -6.38. The van der Waals surface area contributed by atoms with Crippen molar-refractivity contribution in [2.45, 2.75) is 0 Å². The van der Waals surface area contributed by atoms with E-state index in [2.05, 4.69) is 170 Å². The molecule has 0 saturated heterocycles. The number of rotatable bonds is 5. The molecule has 1 heterocycles. The van der Waals surface area contributed by atoms with Crippen LogP contribution < -0.4 is 0 Å². The van der Waals surface area contributed by atoms with Crippen LogP contribution in [0.1, 0.15) is 0 Å². The van der Waals surface area contributed by atoms with E-state index in [1.54, 1.807) is 0 Å². The molecule has 0 saturated carbocycles. The average Bonchev–Trinajstić information content (AvgIpc) is 3.18. The summed E-state index contributed by atoms with van der Waals surface area (Å²) in [7, 11) is 0. The highest BCUT2D eigenvalue weighted by molar-refractivity contribution is 6.08. The maximum atomic E-state index is 5.32. The highest BCUT2D eigenvalue weighted by Crippen LogP contribution is 2.37. The van der Waals surface area contributed by atoms with E-state index in [1.807, 2.05) is 12.1 Å². The highest BCUT2D eigenvalue weighted by atomic mass is 14.9. The Morgan fingerprint density at radius 1 is 0.271 bits per heavy atom. The van der Waals surface area contributed by atoms with E-state index in [9.17, 15) is 0 Å². The molecule has 0 aliphatic rings. The molecule has 1 aromatic heterocycles. The van der Waals surface area contributed by atoms with Gasteiger partial charge in [0, 0.05) is 16.5 Å². The Morgan fingerprint density at radius 3 is 1.56 bits per heavy atom. The van der Waals surface area contributed by atoms with Gasteiger partial charge in [-0.1, -0.05) is 146 Å². The first-order valence-corrected chi connectivity index (χ1v) is 16.3. The zero-order chi connectivity index (χ0) is 31.9. The van der Waals surface area contributed by atoms with E-state index >= 15 is 0 Å². The van der Waals surface area contributed by atoms with E-state index < -0.39 is 0 Å². The SMILES string of the molecule is c1ccc(-c2cc(-c3ccc4c(ccc5ccccc54)c3)cc(-c3nc(-c4ccccc4)c4cc(-c5ccccc5)ccc4n3)c2)cc1. The fraction of sp³-hybridized carbons (Fsp3) is 0. The van der Waals surface area contributed by atoms with Crippen LogP contribution in [0.2, 0.25) is 0 Å². The molecule has 48 heavy (non-hydrogen) atoms. The summed E-state index contributed by atoms with van der Waals surface area (Å²) in [4.78, 5) is 10.5. The summed E-state index contributed by atoms with van der Waals surface area (Å²) in [6, 6.07) is 64.6. The first-order valence-electron chi connectivity index (χ1n) is 16.3. The molecule has 9 aromatic rings. The van der Waals surface area contributed by atoms with Crippen LogP contribution in [-0.2, 0) is 0 Å². The Bertz CT molecular complexity index is 2590. The second-order valence-corrected chi connectivity index (χ2v) is 12.2. The predicted molar refractivity (Wildman–Crippen MR) is 202 cm³/mol. The Morgan fingerprint density at radius 2 is 0.812 bits per heavy atom. The molecule has 0 unspecified atom stereocenters. The second-order valence-electron chi connectivity index (χ2n) is 12.2. The number of hydrogen-bond donors (Lipinski definition) is 0. The van der Waals surface area contributed by atoms with Gasteiger partial charge in [0.25, 0.3) is 0 Å². The molecule has 8 aromatic carbocycles. The number of benzene rings is 8. The van der Waals surface area contributed by atoms with Crippen LogP contribution in [0.15, 0.2) is 182 Å². The first-order chi connectivity index (χ1) is 23.8. The highest BCUT2D eigenvalue weighted by Gasteiger charge is 2.15. The standard InChI is InChI=1S/C46H30N2/c1-4-12-31(13-5-1)36-23-25-44-43(30-36)45(34-17-8-3-9-18-34)48-46(47-44)40-28-38(32-14-6-2-7-15-32)27-39(29-40)35-22-24-42-37(26-35)21-20-33-16-10-11-19-41(33)42/h1-30H. The van der Waals surface area contributed by atoms with Crippen molar-refractivity contribution in [3.63, 3.8) is 0 Å². The molecule has 2 nitrogen and oxygen atoms in total. The van der Waals surface area contributed by atoms with Crippen LogP contribution >= 0.6 is 0 Å². The number of hydrogen-bond acceptors (Lipinski definition) is 2. The Kier molecular flexibility index (Phi) is 6.84. The van der Waals surface area contributed by atoms with Crippen molar-refractivity contribution in [2.24, 2.45) is 0 Å². The van der Waals surface area contributed by atoms with E-state index in [4.69, 9.17) is 9.97 Å². The summed E-state index contributed by atoms with van der Waals surface area (Å²) in [6.07, 6.45) is 0. The third-order valence-electron chi connectivity index (χ3n) is 9.23. The molecule has 0 radical (unpaired) electrons. The molecule has 0 atom stereocenters. The molecule has 0 spiro atoms. The molecular weight excluding hydrogens is 581 g/mol. The molecule has 0 aliphatic carbocycles. The van der Waals surface area contributed by atoms with Gasteiger partial charge in [-0.25, -0.2) is 9.97 Å². The predicted octanol–water partition coefficient (Wildman–Crippen LogP) is 12.3. The van der Waals surface area contributed by atoms with Gasteiger partial charge < -0.3 is 0 Å². The zero-order valence-electron chi connectivity index (χ0n) is 26.2. The van der Waals surface area contributed by atoms with Gasteiger partial charge in [-0.3, -0.25) is 0 Å². The van der Waals surface area contributed by atoms with Crippen molar-refractivity contribution in [3.8, 4) is 56.0 Å². The van der Waals surface area contributed by atoms with Crippen LogP contribution in [-0.4, -0.2) is 9.97 Å². The van der Waals surface area contributed by atoms with Gasteiger partial charge >= 0.3 is 0 Å². The first kappa shape index (κ1) is 27.9. The molecule has 9 rings (SSSR count). The zero-order valence-corrected chi connectivity index (χ0v) is 26.2. The second kappa shape index (κ2) is 11.8. The molecule has 0 amide bonds. The molecule has 0 N–H and O–H groups in total. The van der Waals surface area contributed by atoms with Crippen molar-refractivity contribution in [2.75, 3.05) is 0 Å². The Labute approximate surface area is 279 Å². The van der Waals surface area contributed by atoms with E-state index in [1.165, 1.54) is 27.1 Å². The van der Waals surface area contributed by atoms with E-state index in [-0.39, 0.29) is 0 Å². The van der Waals surface area contributed by atoms with Gasteiger partial charge in [0.05, 0.1) is 11.2 Å². The Balaban J connectivity index is 1.25. The van der Waals surface area contributed by atoms with Gasteiger partial charge in [0.1, 0.15) is 0 Å². The third-order valence-corrected chi connectivity index (χ3v) is 9.23. The molecule has 224 valence electrons. The normalized spacial score (nSPS) is 11.3. The summed E-state index contributed by atoms with van der Waals surface area (Å²) >= 11 is 0. The van der Waals surface area contributed by atoms with Gasteiger partial charge in [0.15, 0.2) is 5.82 Å². The number of aromatic nitrogens is 2. The topological polar surface area (TPSA) is 25.8 Å². The van der Waals surface area contributed by atoms with Crippen LogP contribution in [0.4, 0.5) is 0 Å². The largest absolute Gasteiger partial charge is 0.228 e.